The molecule has 0 spiro atoms. The number of carbonyl (C=O) groups excluding carboxylic acids is 1. The van der Waals surface area contributed by atoms with Crippen molar-refractivity contribution >= 4 is 6.03 Å². The predicted octanol–water partition coefficient (Wildman–Crippen LogP) is 0.855. The molecule has 0 radical (unpaired) electrons. The van der Waals surface area contributed by atoms with Gasteiger partial charge in [-0.2, -0.15) is 0 Å². The average Bonchev–Trinajstić information content (AvgIpc) is 3.05. The van der Waals surface area contributed by atoms with Crippen LogP contribution < -0.4 is 16.4 Å². The highest BCUT2D eigenvalue weighted by Gasteiger charge is 2.26. The third kappa shape index (κ3) is 2.65. The van der Waals surface area contributed by atoms with Crippen molar-refractivity contribution in [2.75, 3.05) is 13.1 Å². The van der Waals surface area contributed by atoms with E-state index in [0.717, 1.165) is 26.1 Å². The van der Waals surface area contributed by atoms with Crippen molar-refractivity contribution in [3.05, 3.63) is 17.2 Å². The van der Waals surface area contributed by atoms with Gasteiger partial charge in [0.05, 0.1) is 5.69 Å². The van der Waals surface area contributed by atoms with Gasteiger partial charge in [-0.15, -0.1) is 0 Å². The summed E-state index contributed by atoms with van der Waals surface area (Å²) in [5, 5.41) is 6.06. The summed E-state index contributed by atoms with van der Waals surface area (Å²) in [4.78, 5) is 15.7. The molecular formula is C14H23N5O. The van der Waals surface area contributed by atoms with Crippen molar-refractivity contribution < 1.29 is 4.79 Å². The molecule has 4 N–H and O–H groups in total. The van der Waals surface area contributed by atoms with E-state index in [1.807, 2.05) is 0 Å². The lowest BCUT2D eigenvalue weighted by molar-refractivity contribution is 0.248. The van der Waals surface area contributed by atoms with Crippen LogP contribution in [0.1, 0.15) is 48.8 Å². The molecule has 0 atom stereocenters. The number of hydrogen-bond donors (Lipinski definition) is 3. The lowest BCUT2D eigenvalue weighted by atomic mass is 10.1. The van der Waals surface area contributed by atoms with Crippen LogP contribution in [0, 0.1) is 0 Å². The van der Waals surface area contributed by atoms with Gasteiger partial charge in [0.25, 0.3) is 0 Å². The molecule has 2 heterocycles. The highest BCUT2D eigenvalue weighted by molar-refractivity contribution is 5.71. The number of rotatable bonds is 4. The summed E-state index contributed by atoms with van der Waals surface area (Å²) in [5.74, 6) is 1.82. The quantitative estimate of drug-likeness (QED) is 0.763. The van der Waals surface area contributed by atoms with Gasteiger partial charge < -0.3 is 20.9 Å². The average molecular weight is 277 g/mol. The standard InChI is InChI=1S/C14H23N5O/c15-14(20)17-7-8-19-12-5-6-16-9-11(12)18-13(19)10-3-1-2-4-10/h10,16H,1-9H2,(H3,15,17,20). The van der Waals surface area contributed by atoms with Crippen LogP contribution in [0.5, 0.6) is 0 Å². The maximum Gasteiger partial charge on any atom is 0.312 e. The minimum absolute atomic E-state index is 0.455. The lowest BCUT2D eigenvalue weighted by Crippen LogP contribution is -2.33. The monoisotopic (exact) mass is 277 g/mol. The summed E-state index contributed by atoms with van der Waals surface area (Å²) in [6.07, 6.45) is 6.12. The van der Waals surface area contributed by atoms with Crippen molar-refractivity contribution in [2.45, 2.75) is 51.1 Å². The molecule has 6 nitrogen and oxygen atoms in total. The molecular weight excluding hydrogens is 254 g/mol. The van der Waals surface area contributed by atoms with E-state index in [-0.39, 0.29) is 0 Å². The van der Waals surface area contributed by atoms with Gasteiger partial charge in [0.15, 0.2) is 0 Å². The van der Waals surface area contributed by atoms with Crippen LogP contribution in [0.15, 0.2) is 0 Å². The van der Waals surface area contributed by atoms with E-state index < -0.39 is 6.03 Å². The van der Waals surface area contributed by atoms with Crippen LogP contribution in [-0.2, 0) is 19.5 Å². The van der Waals surface area contributed by atoms with E-state index in [9.17, 15) is 4.79 Å². The summed E-state index contributed by atoms with van der Waals surface area (Å²) in [6, 6.07) is -0.455. The summed E-state index contributed by atoms with van der Waals surface area (Å²) >= 11 is 0. The van der Waals surface area contributed by atoms with Gasteiger partial charge >= 0.3 is 6.03 Å². The summed E-state index contributed by atoms with van der Waals surface area (Å²) in [6.45, 7) is 3.22. The highest BCUT2D eigenvalue weighted by Crippen LogP contribution is 2.35. The Morgan fingerprint density at radius 1 is 1.45 bits per heavy atom. The molecule has 6 heteroatoms. The summed E-state index contributed by atoms with van der Waals surface area (Å²) < 4.78 is 2.34. The topological polar surface area (TPSA) is 85.0 Å². The molecule has 0 aromatic carbocycles. The Kier molecular flexibility index (Phi) is 3.91. The number of fused-ring (bicyclic) bond motifs is 1. The fourth-order valence-corrected chi connectivity index (χ4v) is 3.43. The van der Waals surface area contributed by atoms with Crippen LogP contribution in [0.4, 0.5) is 4.79 Å². The molecule has 2 aliphatic rings. The zero-order valence-electron chi connectivity index (χ0n) is 11.8. The minimum atomic E-state index is -0.455. The van der Waals surface area contributed by atoms with Crippen molar-refractivity contribution in [1.29, 1.82) is 0 Å². The number of nitrogens with one attached hydrogen (secondary N) is 2. The van der Waals surface area contributed by atoms with E-state index in [0.29, 0.717) is 12.5 Å². The van der Waals surface area contributed by atoms with E-state index in [1.54, 1.807) is 0 Å². The van der Waals surface area contributed by atoms with E-state index in [2.05, 4.69) is 15.2 Å². The van der Waals surface area contributed by atoms with Crippen molar-refractivity contribution in [2.24, 2.45) is 5.73 Å². The number of nitrogens with zero attached hydrogens (tertiary/aromatic N) is 2. The molecule has 1 aliphatic heterocycles. The number of primary amides is 1. The van der Waals surface area contributed by atoms with E-state index in [4.69, 9.17) is 10.7 Å². The zero-order valence-corrected chi connectivity index (χ0v) is 11.8. The number of imidazole rings is 1. The molecule has 1 fully saturated rings. The number of urea groups is 1. The summed E-state index contributed by atoms with van der Waals surface area (Å²) in [5.41, 5.74) is 7.68. The highest BCUT2D eigenvalue weighted by atomic mass is 16.2. The Morgan fingerprint density at radius 3 is 3.00 bits per heavy atom. The molecule has 1 aromatic rings. The Labute approximate surface area is 119 Å². The van der Waals surface area contributed by atoms with Crippen molar-refractivity contribution in [3.63, 3.8) is 0 Å². The molecule has 110 valence electrons. The van der Waals surface area contributed by atoms with Gasteiger partial charge in [-0.25, -0.2) is 9.78 Å². The second kappa shape index (κ2) is 5.83. The molecule has 3 rings (SSSR count). The number of amides is 2. The van der Waals surface area contributed by atoms with E-state index >= 15 is 0 Å². The van der Waals surface area contributed by atoms with Gasteiger partial charge in [0.1, 0.15) is 5.82 Å². The van der Waals surface area contributed by atoms with Gasteiger partial charge in [-0.05, 0) is 12.8 Å². The molecule has 1 aromatic heterocycles. The fraction of sp³-hybridized carbons (Fsp3) is 0.714. The SMILES string of the molecule is NC(=O)NCCn1c(C2CCCC2)nc2c1CCNC2. The number of carbonyl (C=O) groups is 1. The third-order valence-corrected chi connectivity index (χ3v) is 4.37. The largest absolute Gasteiger partial charge is 0.352 e. The number of aromatic nitrogens is 2. The number of hydrogen-bond acceptors (Lipinski definition) is 3. The van der Waals surface area contributed by atoms with Crippen molar-refractivity contribution in [3.8, 4) is 0 Å². The molecule has 1 aliphatic carbocycles. The molecule has 20 heavy (non-hydrogen) atoms. The summed E-state index contributed by atoms with van der Waals surface area (Å²) in [7, 11) is 0. The first-order valence-electron chi connectivity index (χ1n) is 7.58. The second-order valence-electron chi connectivity index (χ2n) is 5.71. The van der Waals surface area contributed by atoms with E-state index in [1.165, 1.54) is 42.9 Å². The number of nitrogens with two attached hydrogens (primary N) is 1. The third-order valence-electron chi connectivity index (χ3n) is 4.37. The fourth-order valence-electron chi connectivity index (χ4n) is 3.43. The van der Waals surface area contributed by atoms with Gasteiger partial charge in [0.2, 0.25) is 0 Å². The zero-order chi connectivity index (χ0) is 13.9. The molecule has 2 amide bonds. The Hall–Kier alpha value is -1.56. The second-order valence-corrected chi connectivity index (χ2v) is 5.71. The normalized spacial score (nSPS) is 19.0. The minimum Gasteiger partial charge on any atom is -0.352 e. The van der Waals surface area contributed by atoms with Crippen LogP contribution in [-0.4, -0.2) is 28.7 Å². The Bertz CT molecular complexity index is 490. The predicted molar refractivity (Wildman–Crippen MR) is 76.4 cm³/mol. The van der Waals surface area contributed by atoms with Gasteiger partial charge in [-0.1, -0.05) is 12.8 Å². The first-order chi connectivity index (χ1) is 9.75. The van der Waals surface area contributed by atoms with Crippen LogP contribution in [0.3, 0.4) is 0 Å². The van der Waals surface area contributed by atoms with Crippen LogP contribution >= 0.6 is 0 Å². The molecule has 0 bridgehead atoms. The smallest absolute Gasteiger partial charge is 0.312 e. The molecule has 1 saturated carbocycles. The first-order valence-corrected chi connectivity index (χ1v) is 7.58. The lowest BCUT2D eigenvalue weighted by Gasteiger charge is -2.18. The van der Waals surface area contributed by atoms with Crippen molar-refractivity contribution in [1.82, 2.24) is 20.2 Å². The Balaban J connectivity index is 1.83. The van der Waals surface area contributed by atoms with Gasteiger partial charge in [0, 0.05) is 44.2 Å². The molecule has 0 saturated heterocycles. The van der Waals surface area contributed by atoms with Crippen LogP contribution in [0.25, 0.3) is 0 Å². The maximum atomic E-state index is 10.8. The molecule has 0 unspecified atom stereocenters. The first kappa shape index (κ1) is 13.4. The Morgan fingerprint density at radius 2 is 2.25 bits per heavy atom. The van der Waals surface area contributed by atoms with Gasteiger partial charge in [-0.3, -0.25) is 0 Å². The van der Waals surface area contributed by atoms with Crippen LogP contribution in [0.2, 0.25) is 0 Å². The maximum absolute atomic E-state index is 10.8.